The molecule has 0 radical (unpaired) electrons. The average molecular weight is 754 g/mol. The molecule has 0 saturated carbocycles. The van der Waals surface area contributed by atoms with E-state index in [1.807, 2.05) is 12.1 Å². The molecule has 276 valence electrons. The first kappa shape index (κ1) is 33.3. The van der Waals surface area contributed by atoms with Crippen molar-refractivity contribution in [2.45, 2.75) is 0 Å². The number of benzene rings is 10. The maximum absolute atomic E-state index is 6.59. The fourth-order valence-electron chi connectivity index (χ4n) is 9.03. The normalized spacial score (nSPS) is 11.7. The summed E-state index contributed by atoms with van der Waals surface area (Å²) in [6.07, 6.45) is 0. The van der Waals surface area contributed by atoms with Gasteiger partial charge in [-0.2, -0.15) is 0 Å². The molecule has 10 aromatic carbocycles. The number of rotatable bonds is 6. The van der Waals surface area contributed by atoms with Crippen LogP contribution in [0.15, 0.2) is 221 Å². The quantitative estimate of drug-likeness (QED) is 0.169. The molecular formula is C56H35NO2. The Morgan fingerprint density at radius 3 is 1.73 bits per heavy atom. The van der Waals surface area contributed by atoms with Crippen molar-refractivity contribution in [3.8, 4) is 33.4 Å². The van der Waals surface area contributed by atoms with Crippen molar-refractivity contribution < 1.29 is 8.83 Å². The summed E-state index contributed by atoms with van der Waals surface area (Å²) in [4.78, 5) is 2.36. The molecule has 0 fully saturated rings. The number of fused-ring (bicyclic) bond motifs is 9. The van der Waals surface area contributed by atoms with E-state index in [1.54, 1.807) is 0 Å². The molecule has 0 amide bonds. The van der Waals surface area contributed by atoms with Crippen molar-refractivity contribution in [1.82, 2.24) is 0 Å². The highest BCUT2D eigenvalue weighted by molar-refractivity contribution is 6.19. The van der Waals surface area contributed by atoms with Gasteiger partial charge in [0, 0.05) is 44.0 Å². The average Bonchev–Trinajstić information content (AvgIpc) is 3.88. The van der Waals surface area contributed by atoms with E-state index < -0.39 is 0 Å². The molecule has 12 aromatic rings. The molecule has 0 aliphatic carbocycles. The first-order chi connectivity index (χ1) is 29.2. The lowest BCUT2D eigenvalue weighted by Crippen LogP contribution is -2.10. The van der Waals surface area contributed by atoms with Gasteiger partial charge in [-0.3, -0.25) is 0 Å². The summed E-state index contributed by atoms with van der Waals surface area (Å²) in [5.74, 6) is 0. The van der Waals surface area contributed by atoms with E-state index >= 15 is 0 Å². The molecule has 12 rings (SSSR count). The molecule has 0 spiro atoms. The van der Waals surface area contributed by atoms with Crippen LogP contribution in [0.25, 0.3) is 98.8 Å². The van der Waals surface area contributed by atoms with E-state index in [9.17, 15) is 0 Å². The van der Waals surface area contributed by atoms with E-state index in [2.05, 4.69) is 205 Å². The Hall–Kier alpha value is -7.88. The lowest BCUT2D eigenvalue weighted by atomic mass is 9.97. The van der Waals surface area contributed by atoms with Crippen molar-refractivity contribution in [3.63, 3.8) is 0 Å². The second-order valence-electron chi connectivity index (χ2n) is 15.3. The molecule has 0 N–H and O–H groups in total. The maximum Gasteiger partial charge on any atom is 0.143 e. The molecule has 0 unspecified atom stereocenters. The topological polar surface area (TPSA) is 29.5 Å². The molecule has 0 aliphatic heterocycles. The number of para-hydroxylation sites is 1. The van der Waals surface area contributed by atoms with Gasteiger partial charge in [-0.15, -0.1) is 0 Å². The molecule has 0 saturated heterocycles. The highest BCUT2D eigenvalue weighted by Gasteiger charge is 2.18. The summed E-state index contributed by atoms with van der Waals surface area (Å²) in [5.41, 5.74) is 13.8. The molecular weight excluding hydrogens is 719 g/mol. The fourth-order valence-corrected chi connectivity index (χ4v) is 9.03. The van der Waals surface area contributed by atoms with Gasteiger partial charge in [0.05, 0.1) is 0 Å². The van der Waals surface area contributed by atoms with Crippen LogP contribution in [0.1, 0.15) is 0 Å². The van der Waals surface area contributed by atoms with Crippen LogP contribution in [0.3, 0.4) is 0 Å². The lowest BCUT2D eigenvalue weighted by Gasteiger charge is -2.26. The first-order valence-corrected chi connectivity index (χ1v) is 20.1. The maximum atomic E-state index is 6.59. The summed E-state index contributed by atoms with van der Waals surface area (Å²) in [6, 6.07) is 75.8. The van der Waals surface area contributed by atoms with Crippen LogP contribution >= 0.6 is 0 Å². The molecule has 0 aliphatic rings. The Labute approximate surface area is 340 Å². The second-order valence-corrected chi connectivity index (χ2v) is 15.3. The minimum Gasteiger partial charge on any atom is -0.456 e. The summed E-state index contributed by atoms with van der Waals surface area (Å²) >= 11 is 0. The van der Waals surface area contributed by atoms with Gasteiger partial charge < -0.3 is 13.7 Å². The van der Waals surface area contributed by atoms with Crippen molar-refractivity contribution >= 4 is 82.5 Å². The third-order valence-electron chi connectivity index (χ3n) is 11.9. The lowest BCUT2D eigenvalue weighted by molar-refractivity contribution is 0.669. The molecule has 2 aromatic heterocycles. The number of hydrogen-bond acceptors (Lipinski definition) is 3. The van der Waals surface area contributed by atoms with E-state index in [-0.39, 0.29) is 0 Å². The van der Waals surface area contributed by atoms with Crippen LogP contribution < -0.4 is 4.90 Å². The summed E-state index contributed by atoms with van der Waals surface area (Å²) < 4.78 is 12.7. The molecule has 0 bridgehead atoms. The van der Waals surface area contributed by atoms with Gasteiger partial charge in [0.25, 0.3) is 0 Å². The van der Waals surface area contributed by atoms with E-state index in [0.717, 1.165) is 88.6 Å². The highest BCUT2D eigenvalue weighted by Crippen LogP contribution is 2.43. The zero-order valence-corrected chi connectivity index (χ0v) is 32.0. The fraction of sp³-hybridized carbons (Fsp3) is 0. The predicted octanol–water partition coefficient (Wildman–Crippen LogP) is 16.3. The van der Waals surface area contributed by atoms with Crippen LogP contribution in [-0.2, 0) is 0 Å². The summed E-state index contributed by atoms with van der Waals surface area (Å²) in [7, 11) is 0. The SMILES string of the molecule is c1cc(-c2cccc3oc4c5ccccc5ccc4c23)cc(N(c2ccc(-c3ccc4oc5ccccc5c4c3)cc2)c2ccc(-c3cccc4ccccc34)cc2)c1. The van der Waals surface area contributed by atoms with Crippen LogP contribution in [-0.4, -0.2) is 0 Å². The van der Waals surface area contributed by atoms with Crippen molar-refractivity contribution in [3.05, 3.63) is 212 Å². The Kier molecular flexibility index (Phi) is 7.54. The Bertz CT molecular complexity index is 3550. The first-order valence-electron chi connectivity index (χ1n) is 20.1. The minimum absolute atomic E-state index is 0.886. The van der Waals surface area contributed by atoms with Crippen molar-refractivity contribution in [1.29, 1.82) is 0 Å². The Morgan fingerprint density at radius 1 is 0.288 bits per heavy atom. The molecule has 59 heavy (non-hydrogen) atoms. The molecule has 3 nitrogen and oxygen atoms in total. The van der Waals surface area contributed by atoms with Crippen LogP contribution in [0.4, 0.5) is 17.1 Å². The van der Waals surface area contributed by atoms with Gasteiger partial charge in [0.1, 0.15) is 22.3 Å². The zero-order valence-electron chi connectivity index (χ0n) is 32.0. The van der Waals surface area contributed by atoms with E-state index in [1.165, 1.54) is 27.3 Å². The molecule has 2 heterocycles. The molecule has 3 heteroatoms. The zero-order chi connectivity index (χ0) is 38.9. The van der Waals surface area contributed by atoms with Gasteiger partial charge in [-0.05, 0) is 116 Å². The minimum atomic E-state index is 0.886. The third-order valence-corrected chi connectivity index (χ3v) is 11.9. The number of furan rings is 2. The standard InChI is InChI=1S/C56H35NO2/c1-3-15-45-37(10-1)12-8-18-46(45)39-24-30-43(31-25-39)57(42-28-22-36(23-29-42)40-27-33-53-51(35-40)49-17-5-6-20-52(49)58-53)44-14-7-13-41(34-44)47-19-9-21-54-55(47)50-32-26-38-11-2-4-16-48(38)56(50)59-54/h1-35H. The Morgan fingerprint density at radius 2 is 0.898 bits per heavy atom. The number of nitrogens with zero attached hydrogens (tertiary/aromatic N) is 1. The van der Waals surface area contributed by atoms with Gasteiger partial charge >= 0.3 is 0 Å². The van der Waals surface area contributed by atoms with Gasteiger partial charge in [0.2, 0.25) is 0 Å². The monoisotopic (exact) mass is 753 g/mol. The van der Waals surface area contributed by atoms with Gasteiger partial charge in [0.15, 0.2) is 0 Å². The van der Waals surface area contributed by atoms with E-state index in [4.69, 9.17) is 8.83 Å². The van der Waals surface area contributed by atoms with E-state index in [0.29, 0.717) is 0 Å². The second kappa shape index (κ2) is 13.4. The smallest absolute Gasteiger partial charge is 0.143 e. The number of anilines is 3. The number of hydrogen-bond donors (Lipinski definition) is 0. The largest absolute Gasteiger partial charge is 0.456 e. The molecule has 0 atom stereocenters. The highest BCUT2D eigenvalue weighted by atomic mass is 16.3. The van der Waals surface area contributed by atoms with Crippen LogP contribution in [0.5, 0.6) is 0 Å². The Balaban J connectivity index is 0.985. The van der Waals surface area contributed by atoms with Gasteiger partial charge in [-0.25, -0.2) is 0 Å². The third kappa shape index (κ3) is 5.51. The van der Waals surface area contributed by atoms with Crippen LogP contribution in [0.2, 0.25) is 0 Å². The summed E-state index contributed by atoms with van der Waals surface area (Å²) in [6.45, 7) is 0. The summed E-state index contributed by atoms with van der Waals surface area (Å²) in [5, 5.41) is 9.29. The van der Waals surface area contributed by atoms with Crippen molar-refractivity contribution in [2.75, 3.05) is 4.90 Å². The van der Waals surface area contributed by atoms with Crippen LogP contribution in [0, 0.1) is 0 Å². The van der Waals surface area contributed by atoms with Gasteiger partial charge in [-0.1, -0.05) is 146 Å². The van der Waals surface area contributed by atoms with Crippen molar-refractivity contribution in [2.24, 2.45) is 0 Å². The predicted molar refractivity (Wildman–Crippen MR) is 247 cm³/mol.